The molecule has 2 heterocycles. The third-order valence-corrected chi connectivity index (χ3v) is 4.19. The first-order valence-corrected chi connectivity index (χ1v) is 7.19. The quantitative estimate of drug-likeness (QED) is 0.899. The van der Waals surface area contributed by atoms with Crippen molar-refractivity contribution in [2.45, 2.75) is 33.7 Å². The Kier molecular flexibility index (Phi) is 4.30. The van der Waals surface area contributed by atoms with Crippen LogP contribution in [0.2, 0.25) is 0 Å². The lowest BCUT2D eigenvalue weighted by molar-refractivity contribution is 0.0786. The SMILES string of the molecule is CCn1c(C)cc(C(=O)N2CCC(CNC)C2)c1C. The highest BCUT2D eigenvalue weighted by molar-refractivity contribution is 5.95. The largest absolute Gasteiger partial charge is 0.349 e. The molecule has 0 radical (unpaired) electrons. The van der Waals surface area contributed by atoms with Crippen LogP contribution in [0.25, 0.3) is 0 Å². The maximum absolute atomic E-state index is 12.6. The van der Waals surface area contributed by atoms with Gasteiger partial charge in [0.25, 0.3) is 5.91 Å². The van der Waals surface area contributed by atoms with Gasteiger partial charge in [0.2, 0.25) is 0 Å². The average molecular weight is 263 g/mol. The molecule has 0 aliphatic carbocycles. The number of hydrogen-bond acceptors (Lipinski definition) is 2. The van der Waals surface area contributed by atoms with Gasteiger partial charge in [-0.05, 0) is 52.8 Å². The van der Waals surface area contributed by atoms with Crippen LogP contribution in [-0.2, 0) is 6.54 Å². The lowest BCUT2D eigenvalue weighted by Crippen LogP contribution is -2.30. The standard InChI is InChI=1S/C15H25N3O/c1-5-18-11(2)8-14(12(18)3)15(19)17-7-6-13(10-17)9-16-4/h8,13,16H,5-7,9-10H2,1-4H3. The molecule has 1 aliphatic heterocycles. The fourth-order valence-electron chi connectivity index (χ4n) is 3.15. The Morgan fingerprint density at radius 3 is 2.79 bits per heavy atom. The number of rotatable bonds is 4. The van der Waals surface area contributed by atoms with Crippen molar-refractivity contribution in [2.75, 3.05) is 26.7 Å². The number of carbonyl (C=O) groups excluding carboxylic acids is 1. The molecule has 1 aromatic rings. The predicted molar refractivity (Wildman–Crippen MR) is 77.5 cm³/mol. The van der Waals surface area contributed by atoms with Crippen molar-refractivity contribution in [3.05, 3.63) is 23.0 Å². The van der Waals surface area contributed by atoms with Crippen LogP contribution in [0, 0.1) is 19.8 Å². The van der Waals surface area contributed by atoms with E-state index in [0.717, 1.165) is 43.9 Å². The Labute approximate surface area is 115 Å². The van der Waals surface area contributed by atoms with Crippen LogP contribution >= 0.6 is 0 Å². The zero-order valence-electron chi connectivity index (χ0n) is 12.5. The highest BCUT2D eigenvalue weighted by Crippen LogP contribution is 2.22. The highest BCUT2D eigenvalue weighted by atomic mass is 16.2. The second-order valence-electron chi connectivity index (χ2n) is 5.49. The number of aromatic nitrogens is 1. The minimum absolute atomic E-state index is 0.200. The topological polar surface area (TPSA) is 37.3 Å². The molecule has 1 aromatic heterocycles. The van der Waals surface area contributed by atoms with Crippen molar-refractivity contribution in [3.63, 3.8) is 0 Å². The van der Waals surface area contributed by atoms with Crippen molar-refractivity contribution >= 4 is 5.91 Å². The molecule has 106 valence electrons. The molecule has 0 saturated carbocycles. The second kappa shape index (κ2) is 5.78. The molecule has 0 spiro atoms. The lowest BCUT2D eigenvalue weighted by Gasteiger charge is -2.16. The van der Waals surface area contributed by atoms with E-state index in [1.54, 1.807) is 0 Å². The second-order valence-corrected chi connectivity index (χ2v) is 5.49. The van der Waals surface area contributed by atoms with Crippen molar-refractivity contribution in [1.82, 2.24) is 14.8 Å². The summed E-state index contributed by atoms with van der Waals surface area (Å²) in [4.78, 5) is 14.6. The molecule has 4 heteroatoms. The molecule has 2 rings (SSSR count). The summed E-state index contributed by atoms with van der Waals surface area (Å²) >= 11 is 0. The molecule has 1 N–H and O–H groups in total. The van der Waals surface area contributed by atoms with Crippen LogP contribution in [0.15, 0.2) is 6.07 Å². The number of hydrogen-bond donors (Lipinski definition) is 1. The van der Waals surface area contributed by atoms with Gasteiger partial charge in [-0.15, -0.1) is 0 Å². The van der Waals surface area contributed by atoms with Crippen molar-refractivity contribution in [2.24, 2.45) is 5.92 Å². The minimum Gasteiger partial charge on any atom is -0.349 e. The number of aryl methyl sites for hydroxylation is 1. The number of nitrogens with one attached hydrogen (secondary N) is 1. The van der Waals surface area contributed by atoms with Crippen LogP contribution in [0.5, 0.6) is 0 Å². The first kappa shape index (κ1) is 14.1. The van der Waals surface area contributed by atoms with Crippen LogP contribution in [0.3, 0.4) is 0 Å². The first-order valence-electron chi connectivity index (χ1n) is 7.19. The van der Waals surface area contributed by atoms with Gasteiger partial charge in [0.1, 0.15) is 0 Å². The van der Waals surface area contributed by atoms with Crippen molar-refractivity contribution in [3.8, 4) is 0 Å². The molecule has 19 heavy (non-hydrogen) atoms. The third-order valence-electron chi connectivity index (χ3n) is 4.19. The summed E-state index contributed by atoms with van der Waals surface area (Å²) in [5.41, 5.74) is 3.15. The van der Waals surface area contributed by atoms with E-state index in [9.17, 15) is 4.79 Å². The fraction of sp³-hybridized carbons (Fsp3) is 0.667. The van der Waals surface area contributed by atoms with Crippen molar-refractivity contribution in [1.29, 1.82) is 0 Å². The maximum Gasteiger partial charge on any atom is 0.255 e. The fourth-order valence-corrected chi connectivity index (χ4v) is 3.15. The molecule has 0 bridgehead atoms. The Hall–Kier alpha value is -1.29. The van der Waals surface area contributed by atoms with Gasteiger partial charge in [0, 0.05) is 31.0 Å². The highest BCUT2D eigenvalue weighted by Gasteiger charge is 2.28. The lowest BCUT2D eigenvalue weighted by atomic mass is 10.1. The molecule has 1 amide bonds. The Balaban J connectivity index is 2.13. The predicted octanol–water partition coefficient (Wildman–Crippen LogP) is 1.81. The zero-order chi connectivity index (χ0) is 14.0. The van der Waals surface area contributed by atoms with E-state index in [0.29, 0.717) is 5.92 Å². The average Bonchev–Trinajstić information content (AvgIpc) is 2.94. The van der Waals surface area contributed by atoms with Gasteiger partial charge in [0.05, 0.1) is 5.56 Å². The van der Waals surface area contributed by atoms with Crippen LogP contribution in [-0.4, -0.2) is 42.1 Å². The summed E-state index contributed by atoms with van der Waals surface area (Å²) < 4.78 is 2.20. The van der Waals surface area contributed by atoms with Gasteiger partial charge in [-0.25, -0.2) is 0 Å². The summed E-state index contributed by atoms with van der Waals surface area (Å²) in [5, 5.41) is 3.20. The smallest absolute Gasteiger partial charge is 0.255 e. The van der Waals surface area contributed by atoms with Crippen LogP contribution < -0.4 is 5.32 Å². The molecule has 1 unspecified atom stereocenters. The normalized spacial score (nSPS) is 19.2. The number of amides is 1. The van der Waals surface area contributed by atoms with Crippen LogP contribution in [0.4, 0.5) is 0 Å². The maximum atomic E-state index is 12.6. The molecule has 1 atom stereocenters. The van der Waals surface area contributed by atoms with E-state index in [1.807, 2.05) is 24.9 Å². The van der Waals surface area contributed by atoms with E-state index in [1.165, 1.54) is 5.69 Å². The van der Waals surface area contributed by atoms with E-state index in [-0.39, 0.29) is 5.91 Å². The molecular weight excluding hydrogens is 238 g/mol. The van der Waals surface area contributed by atoms with E-state index in [2.05, 4.69) is 23.7 Å². The Morgan fingerprint density at radius 1 is 1.47 bits per heavy atom. The minimum atomic E-state index is 0.200. The summed E-state index contributed by atoms with van der Waals surface area (Å²) in [6, 6.07) is 2.03. The van der Waals surface area contributed by atoms with Gasteiger partial charge in [-0.2, -0.15) is 0 Å². The van der Waals surface area contributed by atoms with Gasteiger partial charge < -0.3 is 14.8 Å². The van der Waals surface area contributed by atoms with E-state index < -0.39 is 0 Å². The van der Waals surface area contributed by atoms with E-state index in [4.69, 9.17) is 0 Å². The van der Waals surface area contributed by atoms with E-state index >= 15 is 0 Å². The molecule has 0 aromatic carbocycles. The summed E-state index contributed by atoms with van der Waals surface area (Å²) in [7, 11) is 1.97. The number of nitrogens with zero attached hydrogens (tertiary/aromatic N) is 2. The first-order chi connectivity index (χ1) is 9.08. The van der Waals surface area contributed by atoms with Gasteiger partial charge >= 0.3 is 0 Å². The zero-order valence-corrected chi connectivity index (χ0v) is 12.5. The summed E-state index contributed by atoms with van der Waals surface area (Å²) in [5.74, 6) is 0.801. The number of likely N-dealkylation sites (tertiary alicyclic amines) is 1. The molecule has 1 fully saturated rings. The Bertz CT molecular complexity index is 464. The van der Waals surface area contributed by atoms with Gasteiger partial charge in [0.15, 0.2) is 0 Å². The van der Waals surface area contributed by atoms with Crippen molar-refractivity contribution < 1.29 is 4.79 Å². The molecular formula is C15H25N3O. The third kappa shape index (κ3) is 2.68. The monoisotopic (exact) mass is 263 g/mol. The van der Waals surface area contributed by atoms with Gasteiger partial charge in [-0.3, -0.25) is 4.79 Å². The number of carbonyl (C=O) groups is 1. The summed E-state index contributed by atoms with van der Waals surface area (Å²) in [6.45, 7) is 9.93. The van der Waals surface area contributed by atoms with Crippen LogP contribution in [0.1, 0.15) is 35.1 Å². The Morgan fingerprint density at radius 2 is 2.21 bits per heavy atom. The molecule has 4 nitrogen and oxygen atoms in total. The van der Waals surface area contributed by atoms with Gasteiger partial charge in [-0.1, -0.05) is 0 Å². The summed E-state index contributed by atoms with van der Waals surface area (Å²) in [6.07, 6.45) is 1.11. The molecule has 1 saturated heterocycles. The molecule has 1 aliphatic rings.